The van der Waals surface area contributed by atoms with Crippen molar-refractivity contribution < 1.29 is 4.57 Å². The molecule has 0 aliphatic heterocycles. The summed E-state index contributed by atoms with van der Waals surface area (Å²) in [5.74, 6) is 0.716. The van der Waals surface area contributed by atoms with Crippen molar-refractivity contribution in [2.24, 2.45) is 7.05 Å². The van der Waals surface area contributed by atoms with E-state index in [1.165, 1.54) is 76.7 Å². The number of fused-ring (bicyclic) bond motifs is 1. The van der Waals surface area contributed by atoms with Gasteiger partial charge in [0.05, 0.1) is 7.05 Å². The molecule has 1 aliphatic rings. The zero-order valence-corrected chi connectivity index (χ0v) is 18.2. The molecule has 3 aromatic rings. The predicted molar refractivity (Wildman–Crippen MR) is 116 cm³/mol. The largest absolute Gasteiger partial charge is 0.287 e. The lowest BCUT2D eigenvalue weighted by Gasteiger charge is -2.11. The van der Waals surface area contributed by atoms with Crippen molar-refractivity contribution >= 4 is 21.6 Å². The van der Waals surface area contributed by atoms with E-state index in [0.29, 0.717) is 5.92 Å². The van der Waals surface area contributed by atoms with Crippen LogP contribution in [0, 0.1) is 20.8 Å². The molecule has 3 heteroatoms. The zero-order chi connectivity index (χ0) is 19.1. The van der Waals surface area contributed by atoms with Gasteiger partial charge in [0.15, 0.2) is 5.69 Å². The quantitative estimate of drug-likeness (QED) is 0.484. The summed E-state index contributed by atoms with van der Waals surface area (Å²) in [4.78, 5) is 6.55. The second-order valence-corrected chi connectivity index (χ2v) is 9.41. The average molecular weight is 380 g/mol. The van der Waals surface area contributed by atoms with Crippen molar-refractivity contribution in [3.8, 4) is 11.3 Å². The lowest BCUT2D eigenvalue weighted by molar-refractivity contribution is -0.662. The van der Waals surface area contributed by atoms with E-state index < -0.39 is 0 Å². The molecule has 0 spiro atoms. The summed E-state index contributed by atoms with van der Waals surface area (Å²) in [6.45, 7) is 8.99. The Labute approximate surface area is 167 Å². The monoisotopic (exact) mass is 379 g/mol. The van der Waals surface area contributed by atoms with E-state index in [4.69, 9.17) is 4.98 Å². The van der Waals surface area contributed by atoms with Gasteiger partial charge < -0.3 is 0 Å². The Balaban J connectivity index is 2.02. The fourth-order valence-corrected chi connectivity index (χ4v) is 6.31. The van der Waals surface area contributed by atoms with Crippen LogP contribution >= 0.6 is 11.3 Å². The van der Waals surface area contributed by atoms with Gasteiger partial charge >= 0.3 is 0 Å². The number of rotatable bonds is 4. The highest BCUT2D eigenvalue weighted by atomic mass is 32.1. The fraction of sp³-hybridized carbons (Fsp3) is 0.500. The summed E-state index contributed by atoms with van der Waals surface area (Å²) < 4.78 is 3.62. The standard InChI is InChI=1S/C24H31N2S/c1-6-9-20-21(18-10-7-8-11-18)22-24(27-20)23(26(5)14-25-22)19-13-15(2)12-16(3)17(19)4/h12-14,18H,6-11H2,1-5H3/q+1. The predicted octanol–water partition coefficient (Wildman–Crippen LogP) is 6.32. The van der Waals surface area contributed by atoms with Crippen LogP contribution in [0.5, 0.6) is 0 Å². The Kier molecular flexibility index (Phi) is 5.07. The minimum Gasteiger partial charge on any atom is -0.231 e. The van der Waals surface area contributed by atoms with E-state index in [1.54, 1.807) is 10.4 Å². The Morgan fingerprint density at radius 1 is 1.15 bits per heavy atom. The van der Waals surface area contributed by atoms with Crippen LogP contribution in [0.15, 0.2) is 18.5 Å². The van der Waals surface area contributed by atoms with Gasteiger partial charge in [-0.1, -0.05) is 37.8 Å². The summed E-state index contributed by atoms with van der Waals surface area (Å²) in [6, 6.07) is 4.64. The molecule has 1 aliphatic carbocycles. The van der Waals surface area contributed by atoms with Crippen LogP contribution in [-0.2, 0) is 13.5 Å². The Bertz CT molecular complexity index is 994. The van der Waals surface area contributed by atoms with Crippen LogP contribution in [0.1, 0.15) is 72.1 Å². The third kappa shape index (κ3) is 3.20. The van der Waals surface area contributed by atoms with Gasteiger partial charge in [0.25, 0.3) is 6.33 Å². The minimum atomic E-state index is 0.716. The first kappa shape index (κ1) is 18.6. The molecule has 0 N–H and O–H groups in total. The maximum absolute atomic E-state index is 4.96. The van der Waals surface area contributed by atoms with E-state index in [-0.39, 0.29) is 0 Å². The summed E-state index contributed by atoms with van der Waals surface area (Å²) in [5.41, 5.74) is 9.66. The SMILES string of the molecule is CCCc1sc2c(-c3cc(C)cc(C)c3C)[n+](C)cnc2c1C1CCCC1. The number of aromatic nitrogens is 2. The van der Waals surface area contributed by atoms with Crippen LogP contribution in [0.4, 0.5) is 0 Å². The first-order valence-electron chi connectivity index (χ1n) is 10.4. The molecular formula is C24H31N2S+. The third-order valence-corrected chi connectivity index (χ3v) is 7.49. The number of benzene rings is 1. The van der Waals surface area contributed by atoms with Gasteiger partial charge in [0, 0.05) is 16.0 Å². The maximum Gasteiger partial charge on any atom is 0.287 e. The summed E-state index contributed by atoms with van der Waals surface area (Å²) >= 11 is 2.01. The third-order valence-electron chi connectivity index (χ3n) is 6.23. The van der Waals surface area contributed by atoms with E-state index in [0.717, 1.165) is 0 Å². The molecular weight excluding hydrogens is 348 g/mol. The van der Waals surface area contributed by atoms with Crippen molar-refractivity contribution in [3.63, 3.8) is 0 Å². The molecule has 0 saturated heterocycles. The molecule has 0 amide bonds. The summed E-state index contributed by atoms with van der Waals surface area (Å²) in [7, 11) is 2.15. The molecule has 0 atom stereocenters. The van der Waals surface area contributed by atoms with Crippen LogP contribution in [0.3, 0.4) is 0 Å². The van der Waals surface area contributed by atoms with Crippen LogP contribution in [-0.4, -0.2) is 4.98 Å². The van der Waals surface area contributed by atoms with Gasteiger partial charge in [-0.2, -0.15) is 0 Å². The first-order chi connectivity index (χ1) is 13.0. The van der Waals surface area contributed by atoms with E-state index in [2.05, 4.69) is 51.4 Å². The van der Waals surface area contributed by atoms with Gasteiger partial charge in [-0.25, -0.2) is 4.57 Å². The Hall–Kier alpha value is -1.74. The van der Waals surface area contributed by atoms with Crippen LogP contribution in [0.2, 0.25) is 0 Å². The maximum atomic E-state index is 4.96. The molecule has 2 nitrogen and oxygen atoms in total. The average Bonchev–Trinajstić information content (AvgIpc) is 3.26. The fourth-order valence-electron chi connectivity index (χ4n) is 4.78. The van der Waals surface area contributed by atoms with Gasteiger partial charge in [0.1, 0.15) is 4.70 Å². The topological polar surface area (TPSA) is 16.8 Å². The van der Waals surface area contributed by atoms with Gasteiger partial charge in [-0.3, -0.25) is 0 Å². The minimum absolute atomic E-state index is 0.716. The highest BCUT2D eigenvalue weighted by Gasteiger charge is 2.30. The van der Waals surface area contributed by atoms with Crippen molar-refractivity contribution in [1.29, 1.82) is 0 Å². The second kappa shape index (κ2) is 7.35. The summed E-state index contributed by atoms with van der Waals surface area (Å²) in [6.07, 6.45) is 9.84. The van der Waals surface area contributed by atoms with E-state index >= 15 is 0 Å². The van der Waals surface area contributed by atoms with Gasteiger partial charge in [0.2, 0.25) is 5.52 Å². The van der Waals surface area contributed by atoms with Crippen LogP contribution in [0.25, 0.3) is 21.5 Å². The van der Waals surface area contributed by atoms with Crippen LogP contribution < -0.4 is 4.57 Å². The molecule has 0 bridgehead atoms. The molecule has 0 unspecified atom stereocenters. The molecule has 1 aromatic carbocycles. The molecule has 142 valence electrons. The molecule has 2 heterocycles. The van der Waals surface area contributed by atoms with Crippen molar-refractivity contribution in [2.45, 2.75) is 72.1 Å². The lowest BCUT2D eigenvalue weighted by Crippen LogP contribution is -2.31. The number of nitrogens with zero attached hydrogens (tertiary/aromatic N) is 2. The molecule has 0 radical (unpaired) electrons. The number of hydrogen-bond donors (Lipinski definition) is 0. The number of aryl methyl sites for hydroxylation is 4. The van der Waals surface area contributed by atoms with Gasteiger partial charge in [-0.05, 0) is 68.1 Å². The number of hydrogen-bond acceptors (Lipinski definition) is 2. The smallest absolute Gasteiger partial charge is 0.231 e. The molecule has 27 heavy (non-hydrogen) atoms. The highest BCUT2D eigenvalue weighted by molar-refractivity contribution is 7.19. The van der Waals surface area contributed by atoms with Gasteiger partial charge in [-0.15, -0.1) is 11.3 Å². The van der Waals surface area contributed by atoms with Crippen molar-refractivity contribution in [2.75, 3.05) is 0 Å². The first-order valence-corrected chi connectivity index (χ1v) is 11.2. The molecule has 4 rings (SSSR count). The van der Waals surface area contributed by atoms with Crippen molar-refractivity contribution in [3.05, 3.63) is 45.6 Å². The van der Waals surface area contributed by atoms with Crippen molar-refractivity contribution in [1.82, 2.24) is 4.98 Å². The Morgan fingerprint density at radius 2 is 1.89 bits per heavy atom. The zero-order valence-electron chi connectivity index (χ0n) is 17.4. The van der Waals surface area contributed by atoms with E-state index in [9.17, 15) is 0 Å². The van der Waals surface area contributed by atoms with E-state index in [1.807, 2.05) is 17.7 Å². The lowest BCUT2D eigenvalue weighted by atomic mass is 9.94. The Morgan fingerprint density at radius 3 is 2.59 bits per heavy atom. The highest BCUT2D eigenvalue weighted by Crippen LogP contribution is 2.45. The molecule has 1 fully saturated rings. The molecule has 2 aromatic heterocycles. The summed E-state index contributed by atoms with van der Waals surface area (Å²) in [5, 5.41) is 0. The normalized spacial score (nSPS) is 15.1. The molecule has 1 saturated carbocycles. The second-order valence-electron chi connectivity index (χ2n) is 8.31. The number of thiophene rings is 1.